The topological polar surface area (TPSA) is 63.5 Å². The van der Waals surface area contributed by atoms with Crippen molar-refractivity contribution in [1.29, 1.82) is 0 Å². The van der Waals surface area contributed by atoms with Crippen LogP contribution in [-0.2, 0) is 0 Å². The zero-order valence-corrected chi connectivity index (χ0v) is 19.6. The molecule has 1 heterocycles. The van der Waals surface area contributed by atoms with Crippen LogP contribution in [0.4, 0.5) is 23.2 Å². The minimum Gasteiger partial charge on any atom is -0.406 e. The van der Waals surface area contributed by atoms with Crippen LogP contribution >= 0.6 is 12.2 Å². The molecule has 0 saturated heterocycles. The molecule has 0 bridgehead atoms. The van der Waals surface area contributed by atoms with Crippen molar-refractivity contribution in [3.05, 3.63) is 96.6 Å². The van der Waals surface area contributed by atoms with Crippen molar-refractivity contribution in [3.63, 3.8) is 0 Å². The van der Waals surface area contributed by atoms with Crippen LogP contribution in [0.1, 0.15) is 5.56 Å². The van der Waals surface area contributed by atoms with E-state index in [-0.39, 0.29) is 16.5 Å². The number of rotatable bonds is 5. The van der Waals surface area contributed by atoms with E-state index < -0.39 is 12.2 Å². The second-order valence-electron chi connectivity index (χ2n) is 7.87. The first-order valence-electron chi connectivity index (χ1n) is 10.9. The quantitative estimate of drug-likeness (QED) is 0.119. The lowest BCUT2D eigenvalue weighted by Gasteiger charge is -2.10. The summed E-state index contributed by atoms with van der Waals surface area (Å²) in [5.41, 5.74) is 5.88. The summed E-state index contributed by atoms with van der Waals surface area (Å²) in [4.78, 5) is 4.52. The normalized spacial score (nSPS) is 11.8. The molecule has 0 atom stereocenters. The van der Waals surface area contributed by atoms with E-state index in [9.17, 15) is 17.6 Å². The van der Waals surface area contributed by atoms with Gasteiger partial charge in [-0.1, -0.05) is 30.3 Å². The number of halogens is 4. The van der Waals surface area contributed by atoms with Crippen LogP contribution in [0, 0.1) is 5.82 Å². The summed E-state index contributed by atoms with van der Waals surface area (Å²) >= 11 is 5.14. The van der Waals surface area contributed by atoms with Crippen molar-refractivity contribution in [2.45, 2.75) is 6.36 Å². The summed E-state index contributed by atoms with van der Waals surface area (Å²) in [5, 5.41) is 8.81. The van der Waals surface area contributed by atoms with E-state index >= 15 is 0 Å². The number of benzene rings is 4. The van der Waals surface area contributed by atoms with Gasteiger partial charge in [-0.25, -0.2) is 9.37 Å². The first kappa shape index (κ1) is 24.2. The Kier molecular flexibility index (Phi) is 6.45. The molecule has 11 heteroatoms. The van der Waals surface area contributed by atoms with Crippen molar-refractivity contribution < 1.29 is 22.3 Å². The maximum Gasteiger partial charge on any atom is 0.573 e. The molecule has 0 unspecified atom stereocenters. The summed E-state index contributed by atoms with van der Waals surface area (Å²) < 4.78 is 56.7. The summed E-state index contributed by atoms with van der Waals surface area (Å²) in [6.45, 7) is 0. The molecule has 0 fully saturated rings. The van der Waals surface area contributed by atoms with Gasteiger partial charge in [0, 0.05) is 11.1 Å². The van der Waals surface area contributed by atoms with Gasteiger partial charge < -0.3 is 10.1 Å². The molecule has 5 rings (SSSR count). The highest BCUT2D eigenvalue weighted by Crippen LogP contribution is 2.28. The largest absolute Gasteiger partial charge is 0.573 e. The maximum absolute atomic E-state index is 13.7. The minimum atomic E-state index is -4.74. The van der Waals surface area contributed by atoms with Crippen LogP contribution in [0.3, 0.4) is 0 Å². The smallest absolute Gasteiger partial charge is 0.406 e. The number of hydrazone groups is 1. The zero-order valence-electron chi connectivity index (χ0n) is 18.8. The summed E-state index contributed by atoms with van der Waals surface area (Å²) in [6, 6.07) is 21.3. The maximum atomic E-state index is 13.7. The van der Waals surface area contributed by atoms with Gasteiger partial charge in [0.05, 0.1) is 22.9 Å². The third-order valence-electron chi connectivity index (χ3n) is 5.41. The van der Waals surface area contributed by atoms with Crippen molar-refractivity contribution in [3.8, 4) is 11.4 Å². The lowest BCUT2D eigenvalue weighted by atomic mass is 10.1. The number of aromatic nitrogens is 2. The van der Waals surface area contributed by atoms with Gasteiger partial charge in [-0.05, 0) is 71.7 Å². The standard InChI is InChI=1S/C26H17F4N5OS/c27-21-3-1-2-4-22(21)33-25(37)34-32-14-16-5-11-20-17(13-16)6-12-23-24(20)31-15-35(23)18-7-9-19(10-8-18)36-26(28,29)30/h1-15H,(H2,33,34,37)/b32-14+. The molecule has 6 nitrogen and oxygen atoms in total. The highest BCUT2D eigenvalue weighted by atomic mass is 32.1. The molecule has 0 aliphatic rings. The third kappa shape index (κ3) is 5.51. The predicted molar refractivity (Wildman–Crippen MR) is 139 cm³/mol. The van der Waals surface area contributed by atoms with Gasteiger partial charge >= 0.3 is 6.36 Å². The van der Waals surface area contributed by atoms with Crippen LogP contribution in [0.2, 0.25) is 0 Å². The van der Waals surface area contributed by atoms with Crippen molar-refractivity contribution in [2.75, 3.05) is 5.32 Å². The number of nitrogens with zero attached hydrogens (tertiary/aromatic N) is 3. The van der Waals surface area contributed by atoms with E-state index in [0.29, 0.717) is 5.69 Å². The molecule has 0 saturated carbocycles. The molecule has 4 aromatic carbocycles. The lowest BCUT2D eigenvalue weighted by molar-refractivity contribution is -0.274. The average molecular weight is 524 g/mol. The van der Waals surface area contributed by atoms with Crippen molar-refractivity contribution in [1.82, 2.24) is 15.0 Å². The van der Waals surface area contributed by atoms with E-state index in [1.54, 1.807) is 35.3 Å². The molecule has 0 aliphatic heterocycles. The molecular formula is C26H17F4N5OS. The second-order valence-corrected chi connectivity index (χ2v) is 8.28. The van der Waals surface area contributed by atoms with E-state index in [1.165, 1.54) is 30.3 Å². The number of thiocarbonyl (C=S) groups is 1. The highest BCUT2D eigenvalue weighted by molar-refractivity contribution is 7.80. The molecule has 186 valence electrons. The Hall–Kier alpha value is -4.51. The Morgan fingerprint density at radius 1 is 1.00 bits per heavy atom. The summed E-state index contributed by atoms with van der Waals surface area (Å²) in [7, 11) is 0. The Balaban J connectivity index is 1.32. The second kappa shape index (κ2) is 9.86. The Morgan fingerprint density at radius 2 is 1.78 bits per heavy atom. The van der Waals surface area contributed by atoms with Gasteiger partial charge in [0.25, 0.3) is 0 Å². The van der Waals surface area contributed by atoms with Crippen LogP contribution < -0.4 is 15.5 Å². The average Bonchev–Trinajstić information content (AvgIpc) is 3.29. The van der Waals surface area contributed by atoms with Crippen LogP contribution in [0.25, 0.3) is 27.5 Å². The SMILES string of the molecule is Fc1ccccc1NC(=S)N/N=C/c1ccc2c(ccc3c2ncn3-c2ccc(OC(F)(F)F)cc2)c1. The molecule has 5 aromatic rings. The fraction of sp³-hybridized carbons (Fsp3) is 0.0385. The Morgan fingerprint density at radius 3 is 2.54 bits per heavy atom. The van der Waals surface area contributed by atoms with Crippen molar-refractivity contribution >= 4 is 51.0 Å². The summed E-state index contributed by atoms with van der Waals surface area (Å²) in [6.07, 6.45) is -1.54. The molecule has 1 aromatic heterocycles. The van der Waals surface area contributed by atoms with Crippen LogP contribution in [0.15, 0.2) is 90.3 Å². The number of hydrogen-bond acceptors (Lipinski definition) is 4. The highest BCUT2D eigenvalue weighted by Gasteiger charge is 2.31. The first-order valence-corrected chi connectivity index (χ1v) is 11.3. The number of para-hydroxylation sites is 1. The summed E-state index contributed by atoms with van der Waals surface area (Å²) in [5.74, 6) is -0.718. The van der Waals surface area contributed by atoms with Crippen LogP contribution in [-0.4, -0.2) is 27.2 Å². The lowest BCUT2D eigenvalue weighted by Crippen LogP contribution is -2.24. The molecule has 0 aliphatic carbocycles. The number of anilines is 1. The van der Waals surface area contributed by atoms with E-state index in [4.69, 9.17) is 12.2 Å². The molecule has 0 amide bonds. The number of fused-ring (bicyclic) bond motifs is 3. The van der Waals surface area contributed by atoms with Crippen LogP contribution in [0.5, 0.6) is 5.75 Å². The molecule has 0 radical (unpaired) electrons. The van der Waals surface area contributed by atoms with Gasteiger partial charge in [-0.3, -0.25) is 9.99 Å². The fourth-order valence-corrected chi connectivity index (χ4v) is 3.96. The van der Waals surface area contributed by atoms with E-state index in [0.717, 1.165) is 27.4 Å². The first-order chi connectivity index (χ1) is 17.8. The number of ether oxygens (including phenoxy) is 1. The van der Waals surface area contributed by atoms with E-state index in [1.807, 2.05) is 30.3 Å². The molecule has 37 heavy (non-hydrogen) atoms. The number of hydrogen-bond donors (Lipinski definition) is 2. The monoisotopic (exact) mass is 523 g/mol. The number of nitrogens with one attached hydrogen (secondary N) is 2. The van der Waals surface area contributed by atoms with Gasteiger partial charge in [0.15, 0.2) is 5.11 Å². The molecular weight excluding hydrogens is 506 g/mol. The van der Waals surface area contributed by atoms with Gasteiger partial charge in [0.1, 0.15) is 17.9 Å². The van der Waals surface area contributed by atoms with E-state index in [2.05, 4.69) is 25.6 Å². The number of imidazole rings is 1. The Bertz CT molecular complexity index is 1630. The number of alkyl halides is 3. The van der Waals surface area contributed by atoms with Gasteiger partial charge in [-0.2, -0.15) is 5.10 Å². The van der Waals surface area contributed by atoms with Gasteiger partial charge in [0.2, 0.25) is 0 Å². The third-order valence-corrected chi connectivity index (χ3v) is 5.60. The van der Waals surface area contributed by atoms with Crippen molar-refractivity contribution in [2.24, 2.45) is 5.10 Å². The minimum absolute atomic E-state index is 0.146. The molecule has 2 N–H and O–H groups in total. The fourth-order valence-electron chi connectivity index (χ4n) is 3.80. The van der Waals surface area contributed by atoms with Gasteiger partial charge in [-0.15, -0.1) is 13.2 Å². The Labute approximate surface area is 213 Å². The predicted octanol–water partition coefficient (Wildman–Crippen LogP) is 6.54. The zero-order chi connectivity index (χ0) is 26.0. The molecule has 0 spiro atoms.